The minimum absolute atomic E-state index is 0.0599. The van der Waals surface area contributed by atoms with Crippen LogP contribution in [-0.2, 0) is 0 Å². The summed E-state index contributed by atoms with van der Waals surface area (Å²) < 4.78 is 42.9. The number of hydrogen-bond donors (Lipinski definition) is 0. The topological polar surface area (TPSA) is 0 Å². The molecule has 3 heteroatoms. The molecule has 140 valence electrons. The zero-order valence-corrected chi connectivity index (χ0v) is 15.3. The van der Waals surface area contributed by atoms with Crippen molar-refractivity contribution in [1.29, 1.82) is 0 Å². The summed E-state index contributed by atoms with van der Waals surface area (Å²) in [6.07, 6.45) is 8.05. The van der Waals surface area contributed by atoms with Crippen molar-refractivity contribution >= 4 is 0 Å². The Morgan fingerprint density at radius 3 is 2.16 bits per heavy atom. The maximum atomic E-state index is 14.7. The van der Waals surface area contributed by atoms with Crippen molar-refractivity contribution < 1.29 is 13.2 Å². The van der Waals surface area contributed by atoms with Gasteiger partial charge in [0.1, 0.15) is 5.82 Å². The highest BCUT2D eigenvalue weighted by Gasteiger charge is 2.43. The Labute approximate surface area is 150 Å². The zero-order chi connectivity index (χ0) is 17.9. The number of rotatable bonds is 5. The lowest BCUT2D eigenvalue weighted by Gasteiger charge is -2.37. The van der Waals surface area contributed by atoms with Crippen LogP contribution < -0.4 is 0 Å². The Morgan fingerprint density at radius 2 is 1.56 bits per heavy atom. The molecule has 25 heavy (non-hydrogen) atoms. The lowest BCUT2D eigenvalue weighted by molar-refractivity contribution is -0.0953. The van der Waals surface area contributed by atoms with Crippen molar-refractivity contribution in [1.82, 2.24) is 0 Å². The smallest absolute Gasteiger partial charge is 0.207 e. The van der Waals surface area contributed by atoms with Gasteiger partial charge in [0.2, 0.25) is 0 Å². The summed E-state index contributed by atoms with van der Waals surface area (Å²) in [4.78, 5) is 0. The molecule has 0 nitrogen and oxygen atoms in total. The molecule has 2 saturated carbocycles. The standard InChI is InChI=1S/C22H31F3/c1-2-16-8-12-20(13-9-16)22(24,25)15-17-6-10-18(11-7-17)19-4-3-5-21(23)14-19/h3-5,14,16-18,20H,2,6-13,15H2,1H3. The van der Waals surface area contributed by atoms with Crippen molar-refractivity contribution in [3.63, 3.8) is 0 Å². The van der Waals surface area contributed by atoms with Crippen LogP contribution in [0, 0.1) is 23.6 Å². The van der Waals surface area contributed by atoms with Gasteiger partial charge in [-0.15, -0.1) is 0 Å². The van der Waals surface area contributed by atoms with Crippen LogP contribution in [0.4, 0.5) is 13.2 Å². The molecular weight excluding hydrogens is 321 g/mol. The van der Waals surface area contributed by atoms with E-state index < -0.39 is 11.8 Å². The fraction of sp³-hybridized carbons (Fsp3) is 0.727. The normalized spacial score (nSPS) is 31.0. The van der Waals surface area contributed by atoms with Gasteiger partial charge in [0.25, 0.3) is 5.92 Å². The van der Waals surface area contributed by atoms with E-state index >= 15 is 0 Å². The maximum Gasteiger partial charge on any atom is 0.251 e. The van der Waals surface area contributed by atoms with Crippen LogP contribution in [0.25, 0.3) is 0 Å². The predicted molar refractivity (Wildman–Crippen MR) is 96.4 cm³/mol. The van der Waals surface area contributed by atoms with Crippen LogP contribution in [0.5, 0.6) is 0 Å². The molecule has 2 aliphatic carbocycles. The molecule has 0 saturated heterocycles. The highest BCUT2D eigenvalue weighted by molar-refractivity contribution is 5.21. The zero-order valence-electron chi connectivity index (χ0n) is 15.3. The number of benzene rings is 1. The molecular formula is C22H31F3. The number of alkyl halides is 2. The maximum absolute atomic E-state index is 14.7. The van der Waals surface area contributed by atoms with Gasteiger partial charge >= 0.3 is 0 Å². The molecule has 0 heterocycles. The van der Waals surface area contributed by atoms with Crippen LogP contribution in [0.3, 0.4) is 0 Å². The summed E-state index contributed by atoms with van der Waals surface area (Å²) in [7, 11) is 0. The minimum atomic E-state index is -2.50. The van der Waals surface area contributed by atoms with Crippen LogP contribution >= 0.6 is 0 Å². The molecule has 0 radical (unpaired) electrons. The van der Waals surface area contributed by atoms with E-state index in [1.165, 1.54) is 6.07 Å². The Hall–Kier alpha value is -0.990. The average molecular weight is 352 g/mol. The fourth-order valence-corrected chi connectivity index (χ4v) is 5.01. The lowest BCUT2D eigenvalue weighted by atomic mass is 9.72. The Bertz CT molecular complexity index is 538. The van der Waals surface area contributed by atoms with Gasteiger partial charge in [0, 0.05) is 12.3 Å². The third-order valence-corrected chi connectivity index (χ3v) is 6.75. The van der Waals surface area contributed by atoms with Crippen molar-refractivity contribution in [2.75, 3.05) is 0 Å². The Kier molecular flexibility index (Phi) is 6.12. The molecule has 2 aliphatic rings. The highest BCUT2D eigenvalue weighted by Crippen LogP contribution is 2.46. The van der Waals surface area contributed by atoms with Gasteiger partial charge in [0.05, 0.1) is 0 Å². The lowest BCUT2D eigenvalue weighted by Crippen LogP contribution is -2.34. The second-order valence-corrected chi connectivity index (χ2v) is 8.36. The van der Waals surface area contributed by atoms with E-state index in [-0.39, 0.29) is 18.2 Å². The van der Waals surface area contributed by atoms with Crippen LogP contribution in [0.1, 0.15) is 82.6 Å². The largest absolute Gasteiger partial charge is 0.251 e. The van der Waals surface area contributed by atoms with Gasteiger partial charge in [-0.3, -0.25) is 0 Å². The quantitative estimate of drug-likeness (QED) is 0.520. The van der Waals surface area contributed by atoms with Crippen LogP contribution in [0.15, 0.2) is 24.3 Å². The Morgan fingerprint density at radius 1 is 0.920 bits per heavy atom. The van der Waals surface area contributed by atoms with Gasteiger partial charge in [-0.2, -0.15) is 0 Å². The summed E-state index contributed by atoms with van der Waals surface area (Å²) in [5, 5.41) is 0. The van der Waals surface area contributed by atoms with Crippen molar-refractivity contribution in [3.05, 3.63) is 35.6 Å². The predicted octanol–water partition coefficient (Wildman–Crippen LogP) is 7.34. The van der Waals surface area contributed by atoms with Crippen molar-refractivity contribution in [2.24, 2.45) is 17.8 Å². The molecule has 0 N–H and O–H groups in total. The van der Waals surface area contributed by atoms with Gasteiger partial charge in [-0.25, -0.2) is 13.2 Å². The summed E-state index contributed by atoms with van der Waals surface area (Å²) in [6, 6.07) is 6.78. The summed E-state index contributed by atoms with van der Waals surface area (Å²) in [6.45, 7) is 2.17. The second kappa shape index (κ2) is 8.14. The SMILES string of the molecule is CCC1CCC(C(F)(F)CC2CCC(c3cccc(F)c3)CC2)CC1. The van der Waals surface area contributed by atoms with Crippen LogP contribution in [0.2, 0.25) is 0 Å². The molecule has 1 aromatic rings. The highest BCUT2D eigenvalue weighted by atomic mass is 19.3. The third kappa shape index (κ3) is 4.80. The van der Waals surface area contributed by atoms with E-state index in [0.29, 0.717) is 24.7 Å². The van der Waals surface area contributed by atoms with E-state index in [1.54, 1.807) is 12.1 Å². The first-order chi connectivity index (χ1) is 12.0. The first-order valence-corrected chi connectivity index (χ1v) is 10.1. The number of halogens is 3. The third-order valence-electron chi connectivity index (χ3n) is 6.75. The Balaban J connectivity index is 1.49. The van der Waals surface area contributed by atoms with Gasteiger partial charge in [-0.05, 0) is 86.8 Å². The second-order valence-electron chi connectivity index (χ2n) is 8.36. The molecule has 2 fully saturated rings. The molecule has 0 aliphatic heterocycles. The summed E-state index contributed by atoms with van der Waals surface area (Å²) in [5.41, 5.74) is 1.03. The summed E-state index contributed by atoms with van der Waals surface area (Å²) >= 11 is 0. The van der Waals surface area contributed by atoms with E-state index in [2.05, 4.69) is 6.92 Å². The first kappa shape index (κ1) is 18.8. The van der Waals surface area contributed by atoms with E-state index in [9.17, 15) is 13.2 Å². The van der Waals surface area contributed by atoms with Crippen molar-refractivity contribution in [2.45, 2.75) is 83.0 Å². The van der Waals surface area contributed by atoms with E-state index in [0.717, 1.165) is 50.5 Å². The molecule has 0 amide bonds. The molecule has 0 atom stereocenters. The molecule has 0 aromatic heterocycles. The average Bonchev–Trinajstić information content (AvgIpc) is 2.62. The summed E-state index contributed by atoms with van der Waals surface area (Å²) in [5.74, 6) is -1.99. The molecule has 0 bridgehead atoms. The van der Waals surface area contributed by atoms with E-state index in [1.807, 2.05) is 6.07 Å². The molecule has 0 spiro atoms. The molecule has 0 unspecified atom stereocenters. The van der Waals surface area contributed by atoms with Gasteiger partial charge < -0.3 is 0 Å². The fourth-order valence-electron chi connectivity index (χ4n) is 5.01. The van der Waals surface area contributed by atoms with Gasteiger partial charge in [0.15, 0.2) is 0 Å². The van der Waals surface area contributed by atoms with Gasteiger partial charge in [-0.1, -0.05) is 25.5 Å². The molecule has 3 rings (SSSR count). The number of hydrogen-bond acceptors (Lipinski definition) is 0. The van der Waals surface area contributed by atoms with Crippen molar-refractivity contribution in [3.8, 4) is 0 Å². The minimum Gasteiger partial charge on any atom is -0.207 e. The monoisotopic (exact) mass is 352 g/mol. The molecule has 1 aromatic carbocycles. The first-order valence-electron chi connectivity index (χ1n) is 10.1. The van der Waals surface area contributed by atoms with Crippen LogP contribution in [-0.4, -0.2) is 5.92 Å². The van der Waals surface area contributed by atoms with E-state index in [4.69, 9.17) is 0 Å².